The summed E-state index contributed by atoms with van der Waals surface area (Å²) < 4.78 is 0. The summed E-state index contributed by atoms with van der Waals surface area (Å²) in [7, 11) is 0. The Morgan fingerprint density at radius 1 is 1.53 bits per heavy atom. The first-order valence-corrected chi connectivity index (χ1v) is 6.80. The molecule has 1 aromatic rings. The van der Waals surface area contributed by atoms with Gasteiger partial charge in [-0.1, -0.05) is 6.42 Å². The van der Waals surface area contributed by atoms with Gasteiger partial charge in [-0.05, 0) is 37.5 Å². The molecule has 2 aliphatic carbocycles. The lowest BCUT2D eigenvalue weighted by molar-refractivity contribution is 0.481. The highest BCUT2D eigenvalue weighted by molar-refractivity contribution is 7.09. The zero-order valence-electron chi connectivity index (χ0n) is 9.15. The summed E-state index contributed by atoms with van der Waals surface area (Å²) in [6.45, 7) is 2.06. The number of thiazole rings is 1. The molecule has 2 nitrogen and oxygen atoms in total. The first-order chi connectivity index (χ1) is 7.25. The molecule has 82 valence electrons. The lowest BCUT2D eigenvalue weighted by atomic mass is 10.0. The zero-order valence-corrected chi connectivity index (χ0v) is 9.96. The maximum Gasteiger partial charge on any atom is 0.0897 e. The summed E-state index contributed by atoms with van der Waals surface area (Å²) in [5.74, 6) is 2.76. The van der Waals surface area contributed by atoms with Gasteiger partial charge in [-0.15, -0.1) is 11.3 Å². The van der Waals surface area contributed by atoms with Gasteiger partial charge in [0.2, 0.25) is 0 Å². The molecule has 0 amide bonds. The second-order valence-electron chi connectivity index (χ2n) is 5.06. The molecule has 0 spiro atoms. The van der Waals surface area contributed by atoms with Crippen molar-refractivity contribution in [1.82, 2.24) is 4.98 Å². The van der Waals surface area contributed by atoms with Crippen molar-refractivity contribution in [2.75, 3.05) is 0 Å². The van der Waals surface area contributed by atoms with E-state index in [0.717, 1.165) is 29.2 Å². The van der Waals surface area contributed by atoms with Crippen molar-refractivity contribution in [3.05, 3.63) is 16.1 Å². The number of nitrogens with zero attached hydrogens (tertiary/aromatic N) is 1. The van der Waals surface area contributed by atoms with Crippen LogP contribution in [0.25, 0.3) is 0 Å². The topological polar surface area (TPSA) is 38.9 Å². The van der Waals surface area contributed by atoms with Gasteiger partial charge in [0.25, 0.3) is 0 Å². The number of rotatable bonds is 3. The molecule has 3 atom stereocenters. The third-order valence-electron chi connectivity index (χ3n) is 4.08. The predicted molar refractivity (Wildman–Crippen MR) is 62.9 cm³/mol. The molecule has 0 aliphatic heterocycles. The monoisotopic (exact) mass is 222 g/mol. The van der Waals surface area contributed by atoms with E-state index < -0.39 is 0 Å². The van der Waals surface area contributed by atoms with Crippen LogP contribution in [0.2, 0.25) is 0 Å². The molecule has 3 unspecified atom stereocenters. The van der Waals surface area contributed by atoms with Crippen LogP contribution in [0.4, 0.5) is 0 Å². The molecule has 0 radical (unpaired) electrons. The van der Waals surface area contributed by atoms with Gasteiger partial charge in [0.05, 0.1) is 10.7 Å². The van der Waals surface area contributed by atoms with Crippen LogP contribution < -0.4 is 5.73 Å². The average Bonchev–Trinajstić information content (AvgIpc) is 2.60. The molecular formula is C12H18N2S. The summed E-state index contributed by atoms with van der Waals surface area (Å²) in [6, 6.07) is 0.363. The van der Waals surface area contributed by atoms with Crippen LogP contribution in [-0.4, -0.2) is 11.0 Å². The van der Waals surface area contributed by atoms with E-state index in [9.17, 15) is 0 Å². The van der Waals surface area contributed by atoms with Crippen LogP contribution in [-0.2, 0) is 6.42 Å². The Labute approximate surface area is 94.9 Å². The van der Waals surface area contributed by atoms with Crippen molar-refractivity contribution in [1.29, 1.82) is 0 Å². The van der Waals surface area contributed by atoms with Gasteiger partial charge in [0.15, 0.2) is 0 Å². The van der Waals surface area contributed by atoms with E-state index in [0.29, 0.717) is 6.04 Å². The van der Waals surface area contributed by atoms with E-state index in [1.54, 1.807) is 11.3 Å². The summed E-state index contributed by atoms with van der Waals surface area (Å²) >= 11 is 1.73. The van der Waals surface area contributed by atoms with Gasteiger partial charge in [0.1, 0.15) is 0 Å². The molecule has 2 fully saturated rings. The average molecular weight is 222 g/mol. The maximum atomic E-state index is 6.28. The summed E-state index contributed by atoms with van der Waals surface area (Å²) in [4.78, 5) is 4.49. The van der Waals surface area contributed by atoms with Gasteiger partial charge < -0.3 is 5.73 Å². The Morgan fingerprint density at radius 3 is 2.87 bits per heavy atom. The molecule has 3 rings (SSSR count). The Bertz CT molecular complexity index is 350. The van der Waals surface area contributed by atoms with E-state index in [4.69, 9.17) is 5.73 Å². The smallest absolute Gasteiger partial charge is 0.0897 e. The van der Waals surface area contributed by atoms with Crippen LogP contribution in [0.5, 0.6) is 0 Å². The molecule has 0 aromatic carbocycles. The van der Waals surface area contributed by atoms with Gasteiger partial charge >= 0.3 is 0 Å². The molecule has 1 aromatic heterocycles. The molecule has 3 heteroatoms. The number of nitrogens with two attached hydrogens (primary N) is 1. The second-order valence-corrected chi connectivity index (χ2v) is 6.12. The lowest BCUT2D eigenvalue weighted by Gasteiger charge is -2.11. The highest BCUT2D eigenvalue weighted by atomic mass is 32.1. The van der Waals surface area contributed by atoms with Crippen LogP contribution in [0.3, 0.4) is 0 Å². The molecule has 0 saturated heterocycles. The molecule has 2 aliphatic rings. The largest absolute Gasteiger partial charge is 0.327 e. The van der Waals surface area contributed by atoms with Gasteiger partial charge in [0, 0.05) is 17.8 Å². The molecule has 0 bridgehead atoms. The van der Waals surface area contributed by atoms with E-state index in [-0.39, 0.29) is 0 Å². The molecule has 1 heterocycles. The third-order valence-corrected chi connectivity index (χ3v) is 4.90. The number of hydrogen-bond acceptors (Lipinski definition) is 3. The minimum atomic E-state index is 0.363. The third kappa shape index (κ3) is 1.72. The Balaban J connectivity index is 1.60. The molecule has 15 heavy (non-hydrogen) atoms. The van der Waals surface area contributed by atoms with Crippen LogP contribution in [0, 0.1) is 24.7 Å². The number of fused-ring (bicyclic) bond motifs is 1. The SMILES string of the molecule is Cc1nc(CC(N)C2C3CCCC32)cs1. The van der Waals surface area contributed by atoms with Crippen molar-refractivity contribution in [3.8, 4) is 0 Å². The predicted octanol–water partition coefficient (Wildman–Crippen LogP) is 2.37. The number of aryl methyl sites for hydroxylation is 1. The lowest BCUT2D eigenvalue weighted by Crippen LogP contribution is -2.27. The standard InChI is InChI=1S/C12H18N2S/c1-7-14-8(6-15-7)5-11(13)12-9-3-2-4-10(9)12/h6,9-12H,2-5,13H2,1H3. The van der Waals surface area contributed by atoms with Crippen molar-refractivity contribution >= 4 is 11.3 Å². The minimum Gasteiger partial charge on any atom is -0.327 e. The fourth-order valence-corrected chi connectivity index (χ4v) is 4.02. The zero-order chi connectivity index (χ0) is 10.4. The van der Waals surface area contributed by atoms with Crippen molar-refractivity contribution in [2.24, 2.45) is 23.5 Å². The summed E-state index contributed by atoms with van der Waals surface area (Å²) in [5.41, 5.74) is 7.48. The molecule has 2 N–H and O–H groups in total. The van der Waals surface area contributed by atoms with Crippen molar-refractivity contribution < 1.29 is 0 Å². The molecule has 2 saturated carbocycles. The maximum absolute atomic E-state index is 6.28. The fraction of sp³-hybridized carbons (Fsp3) is 0.750. The van der Waals surface area contributed by atoms with Crippen LogP contribution >= 0.6 is 11.3 Å². The number of hydrogen-bond donors (Lipinski definition) is 1. The Morgan fingerprint density at radius 2 is 2.27 bits per heavy atom. The van der Waals surface area contributed by atoms with E-state index in [1.165, 1.54) is 25.0 Å². The fourth-order valence-electron chi connectivity index (χ4n) is 3.39. The van der Waals surface area contributed by atoms with Crippen LogP contribution in [0.1, 0.15) is 30.0 Å². The Kier molecular flexibility index (Phi) is 2.33. The van der Waals surface area contributed by atoms with Crippen molar-refractivity contribution in [3.63, 3.8) is 0 Å². The molecular weight excluding hydrogens is 204 g/mol. The van der Waals surface area contributed by atoms with E-state index >= 15 is 0 Å². The second kappa shape index (κ2) is 3.56. The van der Waals surface area contributed by atoms with Gasteiger partial charge in [-0.2, -0.15) is 0 Å². The van der Waals surface area contributed by atoms with Gasteiger partial charge in [-0.3, -0.25) is 0 Å². The first kappa shape index (κ1) is 9.79. The van der Waals surface area contributed by atoms with Crippen molar-refractivity contribution in [2.45, 2.75) is 38.6 Å². The highest BCUT2D eigenvalue weighted by Crippen LogP contribution is 2.58. The first-order valence-electron chi connectivity index (χ1n) is 5.92. The highest BCUT2D eigenvalue weighted by Gasteiger charge is 2.54. The van der Waals surface area contributed by atoms with Gasteiger partial charge in [-0.25, -0.2) is 4.98 Å². The van der Waals surface area contributed by atoms with E-state index in [1.807, 2.05) is 0 Å². The van der Waals surface area contributed by atoms with E-state index in [2.05, 4.69) is 17.3 Å². The normalized spacial score (nSPS) is 35.2. The quantitative estimate of drug-likeness (QED) is 0.852. The number of aromatic nitrogens is 1. The Hall–Kier alpha value is -0.410. The minimum absolute atomic E-state index is 0.363. The summed E-state index contributed by atoms with van der Waals surface area (Å²) in [6.07, 6.45) is 5.29. The van der Waals surface area contributed by atoms with Crippen LogP contribution in [0.15, 0.2) is 5.38 Å². The summed E-state index contributed by atoms with van der Waals surface area (Å²) in [5, 5.41) is 3.32.